The molecule has 0 aromatic heterocycles. The van der Waals surface area contributed by atoms with Crippen molar-refractivity contribution in [2.24, 2.45) is 0 Å². The third kappa shape index (κ3) is 5.82. The first-order valence-electron chi connectivity index (χ1n) is 10.3. The summed E-state index contributed by atoms with van der Waals surface area (Å²) in [5, 5.41) is 0. The molecule has 3 rings (SSSR count). The zero-order valence-corrected chi connectivity index (χ0v) is 17.4. The van der Waals surface area contributed by atoms with Crippen LogP contribution in [-0.4, -0.2) is 0 Å². The van der Waals surface area contributed by atoms with E-state index in [4.69, 9.17) is 0 Å². The van der Waals surface area contributed by atoms with Crippen molar-refractivity contribution in [2.45, 2.75) is 39.5 Å². The van der Waals surface area contributed by atoms with Gasteiger partial charge in [0.05, 0.1) is 0 Å². The van der Waals surface area contributed by atoms with E-state index < -0.39 is 0 Å². The number of rotatable bonds is 4. The van der Waals surface area contributed by atoms with Gasteiger partial charge < -0.3 is 0 Å². The minimum atomic E-state index is -0.201. The highest BCUT2D eigenvalue weighted by Gasteiger charge is 2.02. The molecule has 0 spiro atoms. The van der Waals surface area contributed by atoms with Gasteiger partial charge in [0, 0.05) is 22.3 Å². The summed E-state index contributed by atoms with van der Waals surface area (Å²) in [7, 11) is 0. The molecule has 0 aliphatic carbocycles. The smallest absolute Gasteiger partial charge is 0.127 e. The summed E-state index contributed by atoms with van der Waals surface area (Å²) in [4.78, 5) is 0. The Kier molecular flexibility index (Phi) is 7.42. The van der Waals surface area contributed by atoms with E-state index in [-0.39, 0.29) is 11.6 Å². The Labute approximate surface area is 178 Å². The molecule has 0 bridgehead atoms. The Morgan fingerprint density at radius 1 is 0.533 bits per heavy atom. The lowest BCUT2D eigenvalue weighted by Crippen LogP contribution is -1.90. The molecule has 0 heterocycles. The number of benzene rings is 3. The van der Waals surface area contributed by atoms with Crippen LogP contribution in [-0.2, 0) is 12.8 Å². The first kappa shape index (κ1) is 21.4. The Bertz CT molecular complexity index is 1040. The molecule has 0 saturated heterocycles. The van der Waals surface area contributed by atoms with Gasteiger partial charge in [0.2, 0.25) is 0 Å². The second-order valence-electron chi connectivity index (χ2n) is 7.19. The maximum absolute atomic E-state index is 14.0. The highest BCUT2D eigenvalue weighted by molar-refractivity contribution is 5.48. The predicted octanol–water partition coefficient (Wildman–Crippen LogP) is 6.67. The van der Waals surface area contributed by atoms with Crippen LogP contribution in [0.15, 0.2) is 60.7 Å². The van der Waals surface area contributed by atoms with Crippen LogP contribution in [0.5, 0.6) is 0 Å². The first-order valence-corrected chi connectivity index (χ1v) is 10.3. The highest BCUT2D eigenvalue weighted by atomic mass is 19.1. The number of halogens is 2. The van der Waals surface area contributed by atoms with E-state index >= 15 is 0 Å². The molecule has 2 heteroatoms. The number of aryl methyl sites for hydroxylation is 2. The van der Waals surface area contributed by atoms with E-state index in [1.807, 2.05) is 50.2 Å². The molecule has 0 atom stereocenters. The Morgan fingerprint density at radius 2 is 0.867 bits per heavy atom. The molecule has 0 radical (unpaired) electrons. The second-order valence-corrected chi connectivity index (χ2v) is 7.19. The van der Waals surface area contributed by atoms with Gasteiger partial charge in [-0.3, -0.25) is 0 Å². The molecule has 0 saturated carbocycles. The van der Waals surface area contributed by atoms with Gasteiger partial charge in [-0.2, -0.15) is 0 Å². The maximum atomic E-state index is 14.0. The highest BCUT2D eigenvalue weighted by Crippen LogP contribution is 2.13. The summed E-state index contributed by atoms with van der Waals surface area (Å²) in [5.41, 5.74) is 4.42. The fourth-order valence-corrected chi connectivity index (χ4v) is 3.12. The molecular formula is C28H24F2. The van der Waals surface area contributed by atoms with E-state index in [1.165, 1.54) is 12.1 Å². The van der Waals surface area contributed by atoms with Crippen molar-refractivity contribution < 1.29 is 8.78 Å². The zero-order chi connectivity index (χ0) is 21.3. The largest absolute Gasteiger partial charge is 0.207 e. The summed E-state index contributed by atoms with van der Waals surface area (Å²) in [6.45, 7) is 4.06. The molecule has 0 unspecified atom stereocenters. The molecule has 0 aliphatic rings. The standard InChI is InChI=1S/C28H24F2/c1-3-5-25-17-15-23(19-27(25)29)13-11-21-7-9-22(10-8-21)12-14-24-16-18-26(6-4-2)28(30)20-24/h7-10,15-20H,3-6H2,1-2H3. The predicted molar refractivity (Wildman–Crippen MR) is 119 cm³/mol. The minimum absolute atomic E-state index is 0.201. The molecule has 0 fully saturated rings. The van der Waals surface area contributed by atoms with Gasteiger partial charge in [-0.25, -0.2) is 8.78 Å². The van der Waals surface area contributed by atoms with E-state index in [1.54, 1.807) is 12.1 Å². The fraction of sp³-hybridized carbons (Fsp3) is 0.214. The summed E-state index contributed by atoms with van der Waals surface area (Å²) in [6, 6.07) is 17.8. The van der Waals surface area contributed by atoms with Crippen LogP contribution < -0.4 is 0 Å². The molecule has 0 amide bonds. The Balaban J connectivity index is 1.70. The molecule has 3 aromatic carbocycles. The summed E-state index contributed by atoms with van der Waals surface area (Å²) >= 11 is 0. The van der Waals surface area contributed by atoms with E-state index in [9.17, 15) is 8.78 Å². The lowest BCUT2D eigenvalue weighted by molar-refractivity contribution is 0.606. The van der Waals surface area contributed by atoms with Gasteiger partial charge >= 0.3 is 0 Å². The lowest BCUT2D eigenvalue weighted by Gasteiger charge is -2.01. The fourth-order valence-electron chi connectivity index (χ4n) is 3.12. The van der Waals surface area contributed by atoms with Gasteiger partial charge in [-0.15, -0.1) is 0 Å². The Morgan fingerprint density at radius 3 is 1.20 bits per heavy atom. The molecule has 0 aliphatic heterocycles. The van der Waals surface area contributed by atoms with Gasteiger partial charge in [0.25, 0.3) is 0 Å². The topological polar surface area (TPSA) is 0 Å². The summed E-state index contributed by atoms with van der Waals surface area (Å²) in [6.07, 6.45) is 3.29. The van der Waals surface area contributed by atoms with Crippen molar-refractivity contribution in [2.75, 3.05) is 0 Å². The molecule has 0 N–H and O–H groups in total. The van der Waals surface area contributed by atoms with Crippen molar-refractivity contribution in [3.8, 4) is 23.7 Å². The quantitative estimate of drug-likeness (QED) is 0.431. The van der Waals surface area contributed by atoms with Gasteiger partial charge in [0.1, 0.15) is 11.6 Å². The molecule has 30 heavy (non-hydrogen) atoms. The second kappa shape index (κ2) is 10.4. The minimum Gasteiger partial charge on any atom is -0.207 e. The van der Waals surface area contributed by atoms with E-state index in [0.717, 1.165) is 47.9 Å². The van der Waals surface area contributed by atoms with E-state index in [2.05, 4.69) is 23.7 Å². The van der Waals surface area contributed by atoms with Gasteiger partial charge in [-0.1, -0.05) is 62.5 Å². The summed E-state index contributed by atoms with van der Waals surface area (Å²) in [5.74, 6) is 11.7. The average molecular weight is 398 g/mol. The third-order valence-corrected chi connectivity index (χ3v) is 4.73. The van der Waals surface area contributed by atoms with Crippen molar-refractivity contribution in [1.29, 1.82) is 0 Å². The van der Waals surface area contributed by atoms with Crippen molar-refractivity contribution in [3.63, 3.8) is 0 Å². The van der Waals surface area contributed by atoms with Crippen molar-refractivity contribution in [1.82, 2.24) is 0 Å². The van der Waals surface area contributed by atoms with E-state index in [0.29, 0.717) is 11.1 Å². The van der Waals surface area contributed by atoms with Gasteiger partial charge in [0.15, 0.2) is 0 Å². The van der Waals surface area contributed by atoms with Crippen molar-refractivity contribution >= 4 is 0 Å². The SMILES string of the molecule is CCCc1ccc(C#Cc2ccc(C#Cc3ccc(CCC)c(F)c3)cc2)cc1F. The molecular weight excluding hydrogens is 374 g/mol. The molecule has 0 nitrogen and oxygen atoms in total. The van der Waals surface area contributed by atoms with Crippen LogP contribution in [0.1, 0.15) is 60.1 Å². The number of hydrogen-bond acceptors (Lipinski definition) is 0. The van der Waals surface area contributed by atoms with Crippen LogP contribution in [0.2, 0.25) is 0 Å². The van der Waals surface area contributed by atoms with Gasteiger partial charge in [-0.05, 0) is 72.5 Å². The summed E-state index contributed by atoms with van der Waals surface area (Å²) < 4.78 is 28.0. The third-order valence-electron chi connectivity index (χ3n) is 4.73. The lowest BCUT2D eigenvalue weighted by atomic mass is 10.1. The first-order chi connectivity index (χ1) is 14.6. The number of hydrogen-bond donors (Lipinski definition) is 0. The van der Waals surface area contributed by atoms with Crippen LogP contribution in [0.25, 0.3) is 0 Å². The van der Waals surface area contributed by atoms with Crippen molar-refractivity contribution in [3.05, 3.63) is 106 Å². The zero-order valence-electron chi connectivity index (χ0n) is 17.4. The molecule has 3 aromatic rings. The van der Waals surface area contributed by atoms with Crippen LogP contribution in [0.3, 0.4) is 0 Å². The average Bonchev–Trinajstić information content (AvgIpc) is 2.75. The van der Waals surface area contributed by atoms with Crippen LogP contribution >= 0.6 is 0 Å². The monoisotopic (exact) mass is 398 g/mol. The van der Waals surface area contributed by atoms with Crippen LogP contribution in [0.4, 0.5) is 8.78 Å². The normalized spacial score (nSPS) is 10.0. The Hall–Kier alpha value is -3.36. The maximum Gasteiger partial charge on any atom is 0.127 e. The molecule has 150 valence electrons. The van der Waals surface area contributed by atoms with Crippen LogP contribution in [0, 0.1) is 35.3 Å².